The minimum absolute atomic E-state index is 0.0298. The Hall–Kier alpha value is -4.66. The maximum absolute atomic E-state index is 14.2. The molecule has 2 N–H and O–H groups in total. The smallest absolute Gasteiger partial charge is 0.417 e. The third kappa shape index (κ3) is 4.68. The van der Waals surface area contributed by atoms with Crippen LogP contribution in [-0.2, 0) is 17.5 Å². The van der Waals surface area contributed by atoms with E-state index in [-0.39, 0.29) is 35.3 Å². The Morgan fingerprint density at radius 2 is 1.65 bits per heavy atom. The number of hydrogen-bond acceptors (Lipinski definition) is 3. The third-order valence-electron chi connectivity index (χ3n) is 7.56. The number of carboxylic acid groups (broad SMARTS) is 1. The molecule has 1 heterocycles. The Kier molecular flexibility index (Phi) is 6.61. The Morgan fingerprint density at radius 1 is 0.925 bits per heavy atom. The molecule has 40 heavy (non-hydrogen) atoms. The van der Waals surface area contributed by atoms with Crippen molar-refractivity contribution in [3.8, 4) is 11.1 Å². The normalized spacial score (nSPS) is 14.6. The first-order chi connectivity index (χ1) is 18.9. The fourth-order valence-electron chi connectivity index (χ4n) is 4.97. The number of fused-ring (bicyclic) bond motifs is 2. The summed E-state index contributed by atoms with van der Waals surface area (Å²) in [6, 6.07) is 20.4. The first kappa shape index (κ1) is 26.9. The molecule has 0 saturated heterocycles. The topological polar surface area (TPSA) is 86.7 Å². The summed E-state index contributed by atoms with van der Waals surface area (Å²) >= 11 is 0. The van der Waals surface area contributed by atoms with Gasteiger partial charge in [0, 0.05) is 23.4 Å². The van der Waals surface area contributed by atoms with E-state index in [1.807, 2.05) is 24.3 Å². The number of rotatable bonds is 6. The van der Waals surface area contributed by atoms with Crippen LogP contribution in [0.25, 0.3) is 21.9 Å². The van der Waals surface area contributed by atoms with E-state index in [9.17, 15) is 32.7 Å². The second-order valence-corrected chi connectivity index (χ2v) is 9.97. The molecule has 4 aromatic carbocycles. The van der Waals surface area contributed by atoms with Crippen LogP contribution < -0.4 is 5.32 Å². The number of carbonyl (C=O) groups is 3. The van der Waals surface area contributed by atoms with Gasteiger partial charge in [-0.05, 0) is 71.1 Å². The Labute approximate surface area is 228 Å². The molecule has 9 heteroatoms. The number of anilines is 1. The number of aliphatic carboxylic acids is 1. The molecule has 204 valence electrons. The SMILES string of the molecule is CC[C@@](C)(C(=O)O)N1Cc2ccc(-c3ccc(NC(=O)c4ccc5ccccc5c4)cc3C(F)(F)F)cc2C1=O. The molecule has 0 fully saturated rings. The van der Waals surface area contributed by atoms with Crippen molar-refractivity contribution in [3.05, 3.63) is 101 Å². The Balaban J connectivity index is 1.47. The molecule has 1 aliphatic heterocycles. The van der Waals surface area contributed by atoms with Crippen LogP contribution in [0.2, 0.25) is 0 Å². The van der Waals surface area contributed by atoms with Crippen LogP contribution in [0, 0.1) is 0 Å². The van der Waals surface area contributed by atoms with Crippen molar-refractivity contribution in [2.24, 2.45) is 0 Å². The molecule has 0 saturated carbocycles. The third-order valence-corrected chi connectivity index (χ3v) is 7.56. The van der Waals surface area contributed by atoms with Gasteiger partial charge in [0.2, 0.25) is 0 Å². The second-order valence-electron chi connectivity index (χ2n) is 9.97. The highest BCUT2D eigenvalue weighted by atomic mass is 19.4. The summed E-state index contributed by atoms with van der Waals surface area (Å²) in [6.07, 6.45) is -4.59. The zero-order valence-electron chi connectivity index (χ0n) is 21.7. The monoisotopic (exact) mass is 546 g/mol. The Bertz CT molecular complexity index is 1680. The van der Waals surface area contributed by atoms with E-state index in [2.05, 4.69) is 5.32 Å². The van der Waals surface area contributed by atoms with Crippen molar-refractivity contribution in [2.75, 3.05) is 5.32 Å². The molecule has 6 nitrogen and oxygen atoms in total. The first-order valence-corrected chi connectivity index (χ1v) is 12.6. The first-order valence-electron chi connectivity index (χ1n) is 12.6. The van der Waals surface area contributed by atoms with E-state index in [1.165, 1.54) is 36.1 Å². The molecule has 0 unspecified atom stereocenters. The summed E-state index contributed by atoms with van der Waals surface area (Å²) in [4.78, 5) is 39.1. The lowest BCUT2D eigenvalue weighted by Gasteiger charge is -2.33. The summed E-state index contributed by atoms with van der Waals surface area (Å²) < 4.78 is 42.6. The number of hydrogen-bond donors (Lipinski definition) is 2. The molecule has 5 rings (SSSR count). The molecule has 0 aromatic heterocycles. The number of alkyl halides is 3. The fourth-order valence-corrected chi connectivity index (χ4v) is 4.97. The largest absolute Gasteiger partial charge is 0.480 e. The van der Waals surface area contributed by atoms with Crippen molar-refractivity contribution in [2.45, 2.75) is 38.5 Å². The fraction of sp³-hybridized carbons (Fsp3) is 0.194. The van der Waals surface area contributed by atoms with E-state index in [4.69, 9.17) is 0 Å². The lowest BCUT2D eigenvalue weighted by Crippen LogP contribution is -2.52. The van der Waals surface area contributed by atoms with Gasteiger partial charge in [-0.15, -0.1) is 0 Å². The summed E-state index contributed by atoms with van der Waals surface area (Å²) in [5, 5.41) is 14.0. The average Bonchev–Trinajstić information content (AvgIpc) is 3.27. The van der Waals surface area contributed by atoms with Crippen LogP contribution in [0.5, 0.6) is 0 Å². The van der Waals surface area contributed by atoms with Crippen LogP contribution in [0.1, 0.15) is 52.1 Å². The van der Waals surface area contributed by atoms with Gasteiger partial charge >= 0.3 is 12.1 Å². The van der Waals surface area contributed by atoms with Crippen LogP contribution in [0.4, 0.5) is 18.9 Å². The van der Waals surface area contributed by atoms with Crippen molar-refractivity contribution >= 4 is 34.2 Å². The molecule has 0 bridgehead atoms. The number of nitrogens with one attached hydrogen (secondary N) is 1. The molecule has 1 atom stereocenters. The van der Waals surface area contributed by atoms with Crippen molar-refractivity contribution in [1.82, 2.24) is 4.90 Å². The predicted molar refractivity (Wildman–Crippen MR) is 145 cm³/mol. The van der Waals surface area contributed by atoms with Crippen LogP contribution in [0.15, 0.2) is 78.9 Å². The molecule has 0 radical (unpaired) electrons. The zero-order valence-corrected chi connectivity index (χ0v) is 21.7. The highest BCUT2D eigenvalue weighted by Crippen LogP contribution is 2.41. The van der Waals surface area contributed by atoms with Crippen molar-refractivity contribution in [3.63, 3.8) is 0 Å². The maximum Gasteiger partial charge on any atom is 0.417 e. The van der Waals surface area contributed by atoms with Crippen LogP contribution >= 0.6 is 0 Å². The molecular formula is C31H25F3N2O4. The molecule has 2 amide bonds. The predicted octanol–water partition coefficient (Wildman–Crippen LogP) is 6.99. The lowest BCUT2D eigenvalue weighted by molar-refractivity contribution is -0.149. The highest BCUT2D eigenvalue weighted by molar-refractivity contribution is 6.07. The van der Waals surface area contributed by atoms with Gasteiger partial charge in [0.15, 0.2) is 0 Å². The van der Waals surface area contributed by atoms with Gasteiger partial charge in [0.25, 0.3) is 11.8 Å². The molecular weight excluding hydrogens is 521 g/mol. The van der Waals surface area contributed by atoms with Gasteiger partial charge in [-0.2, -0.15) is 13.2 Å². The zero-order chi connectivity index (χ0) is 28.8. The van der Waals surface area contributed by atoms with Gasteiger partial charge < -0.3 is 15.3 Å². The quantitative estimate of drug-likeness (QED) is 0.273. The molecule has 4 aromatic rings. The standard InChI is InChI=1S/C31H25F3N2O4/c1-3-30(2,29(39)40)36-17-22-11-9-20(15-25(22)28(36)38)24-13-12-23(16-26(24)31(32,33)34)35-27(37)21-10-8-18-6-4-5-7-19(18)14-21/h4-16H,3,17H2,1-2H3,(H,35,37)(H,39,40)/t30-/m0/s1. The van der Waals surface area contributed by atoms with Crippen LogP contribution in [-0.4, -0.2) is 33.3 Å². The van der Waals surface area contributed by atoms with Crippen LogP contribution in [0.3, 0.4) is 0 Å². The number of nitrogens with zero attached hydrogens (tertiary/aromatic N) is 1. The highest BCUT2D eigenvalue weighted by Gasteiger charge is 2.45. The Morgan fingerprint density at radius 3 is 2.33 bits per heavy atom. The average molecular weight is 547 g/mol. The van der Waals surface area contributed by atoms with Gasteiger partial charge in [-0.3, -0.25) is 9.59 Å². The van der Waals surface area contributed by atoms with Gasteiger partial charge in [-0.25, -0.2) is 4.79 Å². The number of carbonyl (C=O) groups excluding carboxylic acids is 2. The summed E-state index contributed by atoms with van der Waals surface area (Å²) in [7, 11) is 0. The van der Waals surface area contributed by atoms with Crippen molar-refractivity contribution < 1.29 is 32.7 Å². The van der Waals surface area contributed by atoms with Crippen molar-refractivity contribution in [1.29, 1.82) is 0 Å². The summed E-state index contributed by atoms with van der Waals surface area (Å²) in [5.41, 5.74) is -1.45. The molecule has 0 aliphatic carbocycles. The molecule has 1 aliphatic rings. The van der Waals surface area contributed by atoms with Gasteiger partial charge in [0.05, 0.1) is 5.56 Å². The number of benzene rings is 4. The van der Waals surface area contributed by atoms with Gasteiger partial charge in [-0.1, -0.05) is 55.5 Å². The lowest BCUT2D eigenvalue weighted by atomic mass is 9.95. The molecule has 0 spiro atoms. The number of halogens is 3. The summed E-state index contributed by atoms with van der Waals surface area (Å²) in [6.45, 7) is 3.16. The second kappa shape index (κ2) is 9.82. The van der Waals surface area contributed by atoms with Gasteiger partial charge in [0.1, 0.15) is 5.54 Å². The maximum atomic E-state index is 14.2. The number of amides is 2. The minimum Gasteiger partial charge on any atom is -0.480 e. The summed E-state index contributed by atoms with van der Waals surface area (Å²) in [5.74, 6) is -2.25. The van der Waals surface area contributed by atoms with E-state index < -0.39 is 35.1 Å². The van der Waals surface area contributed by atoms with E-state index >= 15 is 0 Å². The van der Waals surface area contributed by atoms with E-state index in [0.717, 1.165) is 16.8 Å². The minimum atomic E-state index is -4.75. The van der Waals surface area contributed by atoms with E-state index in [0.29, 0.717) is 11.1 Å². The number of carboxylic acids is 1. The van der Waals surface area contributed by atoms with E-state index in [1.54, 1.807) is 31.2 Å².